The highest BCUT2D eigenvalue weighted by atomic mass is 28.4. The maximum Gasteiger partial charge on any atom is 0.242 e. The Balaban J connectivity index is 2.44. The lowest BCUT2D eigenvalue weighted by Gasteiger charge is -2.25. The first-order valence-corrected chi connectivity index (χ1v) is 10.7. The van der Waals surface area contributed by atoms with Crippen LogP contribution in [-0.2, 0) is 11.2 Å². The summed E-state index contributed by atoms with van der Waals surface area (Å²) in [7, 11) is -0.331. The first-order valence-electron chi connectivity index (χ1n) is 7.31. The highest BCUT2D eigenvalue weighted by molar-refractivity contribution is 6.70. The smallest absolute Gasteiger partial charge is 0.242 e. The van der Waals surface area contributed by atoms with Gasteiger partial charge in [0.15, 0.2) is 11.5 Å². The van der Waals surface area contributed by atoms with Crippen molar-refractivity contribution in [1.82, 2.24) is 4.98 Å². The second-order valence-corrected chi connectivity index (χ2v) is 10.5. The van der Waals surface area contributed by atoms with Gasteiger partial charge in [0.05, 0.1) is 44.7 Å². The van der Waals surface area contributed by atoms with Crippen LogP contribution in [0.5, 0.6) is 17.2 Å². The topological polar surface area (TPSA) is 73.6 Å². The van der Waals surface area contributed by atoms with Crippen LogP contribution in [0.4, 0.5) is 0 Å². The molecule has 1 fully saturated rings. The summed E-state index contributed by atoms with van der Waals surface area (Å²) in [6.45, 7) is 7.46. The molecule has 1 aliphatic rings. The van der Waals surface area contributed by atoms with Crippen molar-refractivity contribution in [2.24, 2.45) is 0 Å². The Hall–Kier alpha value is -1.78. The number of nitrogens with zero attached hydrogens (tertiary/aromatic N) is 2. The standard InChI is InChI=1S/C15H22N2O4Si/c1-18-13-9-17-12(5-7-16)14(21-22(2,3)4)15(13)20-11-6-8-19-10-11/h9,11H,5-6,8,10H2,1-4H3. The summed E-state index contributed by atoms with van der Waals surface area (Å²) >= 11 is 0. The molecule has 0 saturated carbocycles. The molecular formula is C15H22N2O4Si. The van der Waals surface area contributed by atoms with E-state index in [4.69, 9.17) is 23.9 Å². The van der Waals surface area contributed by atoms with E-state index < -0.39 is 8.32 Å². The average molecular weight is 322 g/mol. The largest absolute Gasteiger partial charge is 0.540 e. The number of methoxy groups -OCH3 is 1. The number of nitriles is 1. The van der Waals surface area contributed by atoms with Crippen molar-refractivity contribution in [3.8, 4) is 23.3 Å². The van der Waals surface area contributed by atoms with Crippen molar-refractivity contribution in [3.63, 3.8) is 0 Å². The van der Waals surface area contributed by atoms with Crippen LogP contribution < -0.4 is 13.9 Å². The number of rotatable bonds is 6. The molecule has 0 bridgehead atoms. The van der Waals surface area contributed by atoms with Gasteiger partial charge < -0.3 is 18.6 Å². The zero-order valence-corrected chi connectivity index (χ0v) is 14.5. The highest BCUT2D eigenvalue weighted by Crippen LogP contribution is 2.41. The molecule has 0 amide bonds. The van der Waals surface area contributed by atoms with Gasteiger partial charge in [0.2, 0.25) is 14.1 Å². The molecule has 0 aliphatic carbocycles. The van der Waals surface area contributed by atoms with E-state index in [0.29, 0.717) is 36.2 Å². The van der Waals surface area contributed by atoms with Crippen LogP contribution in [0.2, 0.25) is 19.6 Å². The quantitative estimate of drug-likeness (QED) is 0.749. The van der Waals surface area contributed by atoms with Crippen molar-refractivity contribution >= 4 is 8.32 Å². The molecule has 1 aromatic heterocycles. The summed E-state index contributed by atoms with van der Waals surface area (Å²) in [6.07, 6.45) is 2.54. The van der Waals surface area contributed by atoms with Crippen LogP contribution in [-0.4, -0.2) is 39.7 Å². The van der Waals surface area contributed by atoms with Crippen LogP contribution in [0, 0.1) is 11.3 Å². The van der Waals surface area contributed by atoms with Crippen molar-refractivity contribution in [3.05, 3.63) is 11.9 Å². The number of ether oxygens (including phenoxy) is 3. The van der Waals surface area contributed by atoms with E-state index in [9.17, 15) is 0 Å². The number of aromatic nitrogens is 1. The summed E-state index contributed by atoms with van der Waals surface area (Å²) < 4.78 is 22.9. The molecule has 0 spiro atoms. The summed E-state index contributed by atoms with van der Waals surface area (Å²) in [5, 5.41) is 9.02. The van der Waals surface area contributed by atoms with E-state index in [1.807, 2.05) is 0 Å². The van der Waals surface area contributed by atoms with Gasteiger partial charge in [-0.15, -0.1) is 0 Å². The van der Waals surface area contributed by atoms with Gasteiger partial charge in [-0.3, -0.25) is 4.98 Å². The minimum absolute atomic E-state index is 0.0322. The van der Waals surface area contributed by atoms with Gasteiger partial charge in [-0.2, -0.15) is 5.26 Å². The molecule has 0 N–H and O–H groups in total. The molecule has 1 aromatic rings. The SMILES string of the molecule is COc1cnc(CC#N)c(O[Si](C)(C)C)c1OC1CCOC1. The molecule has 120 valence electrons. The first kappa shape index (κ1) is 16.6. The van der Waals surface area contributed by atoms with Gasteiger partial charge in [0, 0.05) is 6.42 Å². The molecule has 2 rings (SSSR count). The van der Waals surface area contributed by atoms with E-state index in [2.05, 4.69) is 30.7 Å². The van der Waals surface area contributed by atoms with E-state index in [1.165, 1.54) is 0 Å². The second-order valence-electron chi connectivity index (χ2n) is 6.08. The minimum atomic E-state index is -1.90. The van der Waals surface area contributed by atoms with Gasteiger partial charge in [0.1, 0.15) is 6.10 Å². The zero-order valence-electron chi connectivity index (χ0n) is 13.5. The molecule has 7 heteroatoms. The minimum Gasteiger partial charge on any atom is -0.540 e. The van der Waals surface area contributed by atoms with Gasteiger partial charge in [0.25, 0.3) is 0 Å². The lowest BCUT2D eigenvalue weighted by Crippen LogP contribution is -2.30. The van der Waals surface area contributed by atoms with Crippen molar-refractivity contribution < 1.29 is 18.6 Å². The Morgan fingerprint density at radius 2 is 2.18 bits per heavy atom. The molecule has 22 heavy (non-hydrogen) atoms. The third-order valence-electron chi connectivity index (χ3n) is 3.08. The van der Waals surface area contributed by atoms with Crippen LogP contribution in [0.1, 0.15) is 12.1 Å². The fraction of sp³-hybridized carbons (Fsp3) is 0.600. The zero-order chi connectivity index (χ0) is 16.2. The maximum absolute atomic E-state index is 9.02. The van der Waals surface area contributed by atoms with Gasteiger partial charge in [-0.1, -0.05) is 0 Å². The first-order chi connectivity index (χ1) is 10.4. The number of hydrogen-bond acceptors (Lipinski definition) is 6. The molecule has 0 aromatic carbocycles. The van der Waals surface area contributed by atoms with Crippen molar-refractivity contribution in [1.29, 1.82) is 5.26 Å². The lowest BCUT2D eigenvalue weighted by molar-refractivity contribution is 0.136. The highest BCUT2D eigenvalue weighted by Gasteiger charge is 2.28. The van der Waals surface area contributed by atoms with E-state index in [-0.39, 0.29) is 12.5 Å². The predicted octanol–water partition coefficient (Wildman–Crippen LogP) is 2.54. The second kappa shape index (κ2) is 6.98. The predicted molar refractivity (Wildman–Crippen MR) is 83.9 cm³/mol. The Morgan fingerprint density at radius 1 is 1.41 bits per heavy atom. The van der Waals surface area contributed by atoms with Crippen LogP contribution in [0.25, 0.3) is 0 Å². The molecule has 1 unspecified atom stereocenters. The maximum atomic E-state index is 9.02. The van der Waals surface area contributed by atoms with Crippen LogP contribution in [0.15, 0.2) is 6.20 Å². The average Bonchev–Trinajstić information content (AvgIpc) is 2.94. The lowest BCUT2D eigenvalue weighted by atomic mass is 10.2. The Morgan fingerprint density at radius 3 is 2.73 bits per heavy atom. The monoisotopic (exact) mass is 322 g/mol. The van der Waals surface area contributed by atoms with Crippen molar-refractivity contribution in [2.75, 3.05) is 20.3 Å². The van der Waals surface area contributed by atoms with Crippen molar-refractivity contribution in [2.45, 2.75) is 38.6 Å². The van der Waals surface area contributed by atoms with Gasteiger partial charge >= 0.3 is 0 Å². The number of hydrogen-bond donors (Lipinski definition) is 0. The molecule has 1 atom stereocenters. The summed E-state index contributed by atoms with van der Waals surface area (Å²) in [4.78, 5) is 4.30. The Labute approximate surface area is 132 Å². The summed E-state index contributed by atoms with van der Waals surface area (Å²) in [5.41, 5.74) is 0.583. The molecule has 2 heterocycles. The molecule has 0 radical (unpaired) electrons. The Bertz CT molecular complexity index is 560. The third kappa shape index (κ3) is 4.12. The molecule has 6 nitrogen and oxygen atoms in total. The molecular weight excluding hydrogens is 300 g/mol. The van der Waals surface area contributed by atoms with Gasteiger partial charge in [-0.05, 0) is 19.6 Å². The van der Waals surface area contributed by atoms with Gasteiger partial charge in [-0.25, -0.2) is 0 Å². The van der Waals surface area contributed by atoms with Crippen LogP contribution in [0.3, 0.4) is 0 Å². The summed E-state index contributed by atoms with van der Waals surface area (Å²) in [5.74, 6) is 1.58. The fourth-order valence-electron chi connectivity index (χ4n) is 2.14. The van der Waals surface area contributed by atoms with E-state index >= 15 is 0 Å². The normalized spacial score (nSPS) is 17.9. The summed E-state index contributed by atoms with van der Waals surface area (Å²) in [6, 6.07) is 2.12. The molecule has 1 aliphatic heterocycles. The number of pyridine rings is 1. The van der Waals surface area contributed by atoms with E-state index in [1.54, 1.807) is 13.3 Å². The molecule has 1 saturated heterocycles. The fourth-order valence-corrected chi connectivity index (χ4v) is 2.96. The third-order valence-corrected chi connectivity index (χ3v) is 3.89. The Kier molecular flexibility index (Phi) is 5.27. The van der Waals surface area contributed by atoms with E-state index in [0.717, 1.165) is 6.42 Å². The van der Waals surface area contributed by atoms with Crippen LogP contribution >= 0.6 is 0 Å².